The Morgan fingerprint density at radius 3 is 2.83 bits per heavy atom. The van der Waals surface area contributed by atoms with Gasteiger partial charge in [-0.1, -0.05) is 12.1 Å². The fourth-order valence-electron chi connectivity index (χ4n) is 3.16. The van der Waals surface area contributed by atoms with Crippen LogP contribution < -0.4 is 16.0 Å². The van der Waals surface area contributed by atoms with E-state index in [1.54, 1.807) is 18.6 Å². The maximum absolute atomic E-state index is 14.2. The Bertz CT molecular complexity index is 1080. The zero-order valence-corrected chi connectivity index (χ0v) is 15.7. The summed E-state index contributed by atoms with van der Waals surface area (Å²) < 4.78 is 14.2. The highest BCUT2D eigenvalue weighted by atomic mass is 19.1. The summed E-state index contributed by atoms with van der Waals surface area (Å²) in [6.07, 6.45) is 6.76. The minimum absolute atomic E-state index is 0.0301. The number of carbonyl (C=O) groups excluding carboxylic acids is 1. The highest BCUT2D eigenvalue weighted by Crippen LogP contribution is 2.30. The average Bonchev–Trinajstić information content (AvgIpc) is 3.56. The Hall–Kier alpha value is -3.20. The zero-order chi connectivity index (χ0) is 19.8. The summed E-state index contributed by atoms with van der Waals surface area (Å²) >= 11 is 0. The molecular formula is C20H20FN7O. The fraction of sp³-hybridized carbons (Fsp3) is 0.350. The van der Waals surface area contributed by atoms with E-state index < -0.39 is 5.67 Å². The molecule has 0 radical (unpaired) electrons. The summed E-state index contributed by atoms with van der Waals surface area (Å²) in [7, 11) is 0. The van der Waals surface area contributed by atoms with Crippen molar-refractivity contribution in [2.24, 2.45) is 5.92 Å². The number of nitrogens with one attached hydrogen (secondary N) is 3. The van der Waals surface area contributed by atoms with Crippen molar-refractivity contribution in [1.29, 1.82) is 0 Å². The molecule has 2 aromatic heterocycles. The predicted octanol–water partition coefficient (Wildman–Crippen LogP) is 2.16. The van der Waals surface area contributed by atoms with Gasteiger partial charge in [0.15, 0.2) is 5.67 Å². The Balaban J connectivity index is 1.37. The predicted molar refractivity (Wildman–Crippen MR) is 107 cm³/mol. The number of anilines is 2. The van der Waals surface area contributed by atoms with Crippen molar-refractivity contribution < 1.29 is 9.18 Å². The maximum Gasteiger partial charge on any atom is 0.229 e. The van der Waals surface area contributed by atoms with E-state index in [4.69, 9.17) is 0 Å². The van der Waals surface area contributed by atoms with Crippen LogP contribution in [-0.4, -0.2) is 51.1 Å². The van der Waals surface area contributed by atoms with Crippen LogP contribution in [0.1, 0.15) is 12.8 Å². The van der Waals surface area contributed by atoms with Crippen molar-refractivity contribution >= 4 is 28.6 Å². The molecule has 0 spiro atoms. The topological polar surface area (TPSA) is 105 Å². The van der Waals surface area contributed by atoms with Crippen molar-refractivity contribution in [3.8, 4) is 11.3 Å². The molecule has 3 aromatic rings. The smallest absolute Gasteiger partial charge is 0.229 e. The third kappa shape index (κ3) is 3.86. The zero-order valence-electron chi connectivity index (χ0n) is 15.7. The van der Waals surface area contributed by atoms with Crippen LogP contribution in [0.2, 0.25) is 0 Å². The molecule has 1 saturated heterocycles. The number of hydrogen-bond acceptors (Lipinski definition) is 7. The SMILES string of the molecule is O=C(Nc1ncc2ccc(-c3cncc(NCC4(F)CNC4)n3)cc2n1)C1CC1. The molecule has 2 aliphatic rings. The quantitative estimate of drug-likeness (QED) is 0.589. The number of nitrogens with zero attached hydrogens (tertiary/aromatic N) is 4. The Kier molecular flexibility index (Phi) is 4.31. The van der Waals surface area contributed by atoms with Crippen molar-refractivity contribution in [3.63, 3.8) is 0 Å². The third-order valence-corrected chi connectivity index (χ3v) is 5.17. The molecule has 9 heteroatoms. The molecule has 8 nitrogen and oxygen atoms in total. The molecule has 0 atom stereocenters. The molecule has 1 aromatic carbocycles. The summed E-state index contributed by atoms with van der Waals surface area (Å²) in [4.78, 5) is 29.4. The molecule has 3 heterocycles. The Labute approximate surface area is 166 Å². The van der Waals surface area contributed by atoms with Gasteiger partial charge in [-0.2, -0.15) is 0 Å². The lowest BCUT2D eigenvalue weighted by Gasteiger charge is -2.35. The van der Waals surface area contributed by atoms with Gasteiger partial charge in [-0.15, -0.1) is 0 Å². The number of fused-ring (bicyclic) bond motifs is 1. The second kappa shape index (κ2) is 7.00. The highest BCUT2D eigenvalue weighted by molar-refractivity contribution is 5.93. The van der Waals surface area contributed by atoms with Gasteiger partial charge in [-0.05, 0) is 18.9 Å². The first kappa shape index (κ1) is 17.9. The monoisotopic (exact) mass is 393 g/mol. The van der Waals surface area contributed by atoms with E-state index in [-0.39, 0.29) is 18.4 Å². The molecule has 0 unspecified atom stereocenters. The van der Waals surface area contributed by atoms with Crippen LogP contribution in [0, 0.1) is 5.92 Å². The van der Waals surface area contributed by atoms with Crippen LogP contribution in [0.3, 0.4) is 0 Å². The average molecular weight is 393 g/mol. The van der Waals surface area contributed by atoms with Gasteiger partial charge in [0.25, 0.3) is 0 Å². The Morgan fingerprint density at radius 1 is 1.21 bits per heavy atom. The van der Waals surface area contributed by atoms with Gasteiger partial charge in [0.1, 0.15) is 5.82 Å². The number of alkyl halides is 1. The van der Waals surface area contributed by atoms with E-state index in [1.807, 2.05) is 18.2 Å². The summed E-state index contributed by atoms with van der Waals surface area (Å²) in [5.41, 5.74) is 0.941. The van der Waals surface area contributed by atoms with Crippen molar-refractivity contribution in [2.45, 2.75) is 18.5 Å². The number of aromatic nitrogens is 4. The van der Waals surface area contributed by atoms with Crippen LogP contribution in [0.25, 0.3) is 22.2 Å². The van der Waals surface area contributed by atoms with Gasteiger partial charge in [0.05, 0.1) is 30.1 Å². The molecule has 1 amide bonds. The van der Waals surface area contributed by atoms with Gasteiger partial charge >= 0.3 is 0 Å². The summed E-state index contributed by atoms with van der Waals surface area (Å²) in [5.74, 6) is 0.879. The number of amides is 1. The van der Waals surface area contributed by atoms with Gasteiger partial charge in [-0.3, -0.25) is 15.1 Å². The number of carbonyl (C=O) groups is 1. The maximum atomic E-state index is 14.2. The standard InChI is InChI=1S/C20H20FN7O/c21-20(9-23-10-20)11-25-17-8-22-7-16(26-17)13-3-4-14-6-24-19(27-15(14)5-13)28-18(29)12-1-2-12/h3-8,12,23H,1-2,9-11H2,(H,25,26)(H,24,27,28,29). The first-order valence-corrected chi connectivity index (χ1v) is 9.62. The van der Waals surface area contributed by atoms with Crippen LogP contribution in [-0.2, 0) is 4.79 Å². The van der Waals surface area contributed by atoms with Crippen LogP contribution in [0.4, 0.5) is 16.2 Å². The normalized spacial score (nSPS) is 17.6. The molecule has 0 bridgehead atoms. The lowest BCUT2D eigenvalue weighted by Crippen LogP contribution is -2.59. The molecule has 1 aliphatic heterocycles. The minimum Gasteiger partial charge on any atom is -0.365 e. The second-order valence-electron chi connectivity index (χ2n) is 7.63. The molecule has 148 valence electrons. The number of benzene rings is 1. The van der Waals surface area contributed by atoms with Crippen LogP contribution in [0.5, 0.6) is 0 Å². The minimum atomic E-state index is -1.24. The molecule has 2 fully saturated rings. The van der Waals surface area contributed by atoms with E-state index in [1.165, 1.54) is 0 Å². The van der Waals surface area contributed by atoms with E-state index in [9.17, 15) is 9.18 Å². The van der Waals surface area contributed by atoms with Gasteiger partial charge in [0, 0.05) is 36.2 Å². The lowest BCUT2D eigenvalue weighted by molar-refractivity contribution is -0.117. The first-order chi connectivity index (χ1) is 14.1. The van der Waals surface area contributed by atoms with E-state index >= 15 is 0 Å². The fourth-order valence-corrected chi connectivity index (χ4v) is 3.16. The van der Waals surface area contributed by atoms with E-state index in [0.717, 1.165) is 23.8 Å². The summed E-state index contributed by atoms with van der Waals surface area (Å²) in [6, 6.07) is 5.69. The van der Waals surface area contributed by atoms with Crippen molar-refractivity contribution in [1.82, 2.24) is 25.3 Å². The Morgan fingerprint density at radius 2 is 2.07 bits per heavy atom. The second-order valence-corrected chi connectivity index (χ2v) is 7.63. The van der Waals surface area contributed by atoms with Crippen molar-refractivity contribution in [3.05, 3.63) is 36.8 Å². The lowest BCUT2D eigenvalue weighted by atomic mass is 10.00. The van der Waals surface area contributed by atoms with Crippen LogP contribution >= 0.6 is 0 Å². The first-order valence-electron chi connectivity index (χ1n) is 9.62. The number of hydrogen-bond donors (Lipinski definition) is 3. The third-order valence-electron chi connectivity index (χ3n) is 5.17. The van der Waals surface area contributed by atoms with E-state index in [0.29, 0.717) is 36.1 Å². The highest BCUT2D eigenvalue weighted by Gasteiger charge is 2.36. The molecule has 1 aliphatic carbocycles. The van der Waals surface area contributed by atoms with E-state index in [2.05, 4.69) is 35.9 Å². The molecule has 29 heavy (non-hydrogen) atoms. The molecule has 3 N–H and O–H groups in total. The molecule has 5 rings (SSSR count). The molecule has 1 saturated carbocycles. The van der Waals surface area contributed by atoms with Crippen molar-refractivity contribution in [2.75, 3.05) is 30.3 Å². The van der Waals surface area contributed by atoms with Gasteiger partial charge in [-0.25, -0.2) is 19.3 Å². The number of halogens is 1. The largest absolute Gasteiger partial charge is 0.365 e. The van der Waals surface area contributed by atoms with Crippen LogP contribution in [0.15, 0.2) is 36.8 Å². The number of rotatable bonds is 6. The van der Waals surface area contributed by atoms with Gasteiger partial charge < -0.3 is 10.6 Å². The summed E-state index contributed by atoms with van der Waals surface area (Å²) in [5, 5.41) is 9.57. The van der Waals surface area contributed by atoms with Gasteiger partial charge in [0.2, 0.25) is 11.9 Å². The summed E-state index contributed by atoms with van der Waals surface area (Å²) in [6.45, 7) is 0.876. The molecular weight excluding hydrogens is 373 g/mol.